The second kappa shape index (κ2) is 6.30. The van der Waals surface area contributed by atoms with Crippen molar-refractivity contribution in [1.29, 1.82) is 0 Å². The van der Waals surface area contributed by atoms with Crippen molar-refractivity contribution in [3.05, 3.63) is 103 Å². The molecule has 5 aromatic rings. The first kappa shape index (κ1) is 15.7. The highest BCUT2D eigenvalue weighted by molar-refractivity contribution is 6.21. The van der Waals surface area contributed by atoms with Gasteiger partial charge in [0.05, 0.1) is 0 Å². The molecular weight excluding hydrogens is 328 g/mol. The third-order valence-electron chi connectivity index (χ3n) is 5.13. The van der Waals surface area contributed by atoms with Crippen molar-refractivity contribution in [2.24, 2.45) is 0 Å². The number of hydrogen-bond acceptors (Lipinski definition) is 1. The van der Waals surface area contributed by atoms with Gasteiger partial charge in [-0.3, -0.25) is 0 Å². The molecule has 1 heteroatoms. The number of hydrogen-bond donors (Lipinski definition) is 1. The molecule has 0 amide bonds. The molecule has 0 aliphatic carbocycles. The average Bonchev–Trinajstić information content (AvgIpc) is 2.72. The van der Waals surface area contributed by atoms with E-state index < -0.39 is 0 Å². The maximum absolute atomic E-state index is 10.1. The van der Waals surface area contributed by atoms with Gasteiger partial charge < -0.3 is 5.11 Å². The number of fused-ring (bicyclic) bond motifs is 2. The van der Waals surface area contributed by atoms with E-state index in [9.17, 15) is 5.11 Å². The summed E-state index contributed by atoms with van der Waals surface area (Å²) in [7, 11) is 0. The third-order valence-corrected chi connectivity index (χ3v) is 5.13. The van der Waals surface area contributed by atoms with E-state index in [0.29, 0.717) is 0 Å². The number of phenols is 1. The maximum Gasteiger partial charge on any atom is 0.116 e. The lowest BCUT2D eigenvalue weighted by Crippen LogP contribution is -1.90. The molecule has 0 bridgehead atoms. The van der Waals surface area contributed by atoms with E-state index in [4.69, 9.17) is 0 Å². The predicted octanol–water partition coefficient (Wildman–Crippen LogP) is 7.03. The van der Waals surface area contributed by atoms with Crippen molar-refractivity contribution in [2.75, 3.05) is 0 Å². The zero-order valence-corrected chi connectivity index (χ0v) is 14.8. The van der Waals surface area contributed by atoms with E-state index in [1.807, 2.05) is 12.1 Å². The molecule has 128 valence electrons. The normalized spacial score (nSPS) is 11.1. The number of rotatable bonds is 2. The average molecular weight is 346 g/mol. The second-order valence-electron chi connectivity index (χ2n) is 6.76. The Hall–Kier alpha value is -3.58. The van der Waals surface area contributed by atoms with Crippen LogP contribution in [0, 0.1) is 0 Å². The van der Waals surface area contributed by atoms with Gasteiger partial charge in [-0.15, -0.1) is 0 Å². The quantitative estimate of drug-likeness (QED) is 0.340. The predicted molar refractivity (Wildman–Crippen MR) is 114 cm³/mol. The zero-order chi connectivity index (χ0) is 18.2. The van der Waals surface area contributed by atoms with Crippen LogP contribution in [0.5, 0.6) is 5.75 Å². The van der Waals surface area contributed by atoms with Gasteiger partial charge in [0, 0.05) is 0 Å². The maximum atomic E-state index is 10.1. The molecule has 0 saturated heterocycles. The molecule has 0 aliphatic heterocycles. The molecule has 0 radical (unpaired) electrons. The lowest BCUT2D eigenvalue weighted by Gasteiger charge is -2.17. The SMILES string of the molecule is Oc1cccc(-c2c3ccccc3c(-c3ccccc3)c3ccccc23)c1. The molecular formula is C26H18O. The largest absolute Gasteiger partial charge is 0.508 e. The second-order valence-corrected chi connectivity index (χ2v) is 6.76. The minimum atomic E-state index is 0.285. The Balaban J connectivity index is 2.01. The van der Waals surface area contributed by atoms with Crippen LogP contribution < -0.4 is 0 Å². The van der Waals surface area contributed by atoms with Gasteiger partial charge in [-0.05, 0) is 55.9 Å². The van der Waals surface area contributed by atoms with Crippen molar-refractivity contribution in [3.8, 4) is 28.0 Å². The van der Waals surface area contributed by atoms with Gasteiger partial charge in [0.15, 0.2) is 0 Å². The van der Waals surface area contributed by atoms with Gasteiger partial charge in [0.25, 0.3) is 0 Å². The van der Waals surface area contributed by atoms with Gasteiger partial charge in [-0.2, -0.15) is 0 Å². The van der Waals surface area contributed by atoms with Crippen LogP contribution >= 0.6 is 0 Å². The first-order chi connectivity index (χ1) is 13.3. The van der Waals surface area contributed by atoms with Gasteiger partial charge in [-0.25, -0.2) is 0 Å². The Morgan fingerprint density at radius 1 is 0.407 bits per heavy atom. The summed E-state index contributed by atoms with van der Waals surface area (Å²) in [5, 5.41) is 14.9. The molecule has 1 nitrogen and oxygen atoms in total. The van der Waals surface area contributed by atoms with Crippen LogP contribution in [0.1, 0.15) is 0 Å². The molecule has 27 heavy (non-hydrogen) atoms. The van der Waals surface area contributed by atoms with Crippen LogP contribution in [0.25, 0.3) is 43.8 Å². The minimum Gasteiger partial charge on any atom is -0.508 e. The van der Waals surface area contributed by atoms with Crippen LogP contribution in [0.3, 0.4) is 0 Å². The van der Waals surface area contributed by atoms with Crippen molar-refractivity contribution in [2.45, 2.75) is 0 Å². The minimum absolute atomic E-state index is 0.285. The Morgan fingerprint density at radius 3 is 1.37 bits per heavy atom. The summed E-state index contributed by atoms with van der Waals surface area (Å²) in [6, 6.07) is 35.2. The van der Waals surface area contributed by atoms with Crippen LogP contribution in [0.2, 0.25) is 0 Å². The summed E-state index contributed by atoms with van der Waals surface area (Å²) in [6.45, 7) is 0. The Morgan fingerprint density at radius 2 is 0.852 bits per heavy atom. The van der Waals surface area contributed by atoms with Crippen molar-refractivity contribution in [1.82, 2.24) is 0 Å². The third kappa shape index (κ3) is 2.56. The van der Waals surface area contributed by atoms with Crippen LogP contribution in [0.15, 0.2) is 103 Å². The molecule has 1 N–H and O–H groups in total. The van der Waals surface area contributed by atoms with E-state index in [2.05, 4.69) is 84.9 Å². The summed E-state index contributed by atoms with van der Waals surface area (Å²) >= 11 is 0. The Kier molecular flexibility index (Phi) is 3.65. The Labute approximate surface area is 158 Å². The molecule has 0 heterocycles. The molecule has 5 rings (SSSR count). The summed E-state index contributed by atoms with van der Waals surface area (Å²) in [4.78, 5) is 0. The van der Waals surface area contributed by atoms with Crippen LogP contribution in [-0.4, -0.2) is 5.11 Å². The van der Waals surface area contributed by atoms with E-state index in [-0.39, 0.29) is 5.75 Å². The van der Waals surface area contributed by atoms with Crippen molar-refractivity contribution < 1.29 is 5.11 Å². The van der Waals surface area contributed by atoms with E-state index in [1.54, 1.807) is 6.07 Å². The van der Waals surface area contributed by atoms with Gasteiger partial charge in [-0.1, -0.05) is 91.0 Å². The molecule has 0 aliphatic rings. The highest BCUT2D eigenvalue weighted by Gasteiger charge is 2.16. The molecule has 5 aromatic carbocycles. The van der Waals surface area contributed by atoms with Crippen LogP contribution in [-0.2, 0) is 0 Å². The van der Waals surface area contributed by atoms with Gasteiger partial charge in [0.1, 0.15) is 5.75 Å². The van der Waals surface area contributed by atoms with Gasteiger partial charge in [0.2, 0.25) is 0 Å². The van der Waals surface area contributed by atoms with Gasteiger partial charge >= 0.3 is 0 Å². The fourth-order valence-corrected chi connectivity index (χ4v) is 4.02. The van der Waals surface area contributed by atoms with E-state index in [0.717, 1.165) is 11.1 Å². The topological polar surface area (TPSA) is 20.2 Å². The summed E-state index contributed by atoms with van der Waals surface area (Å²) in [5.41, 5.74) is 4.66. The first-order valence-corrected chi connectivity index (χ1v) is 9.11. The van der Waals surface area contributed by atoms with E-state index >= 15 is 0 Å². The van der Waals surface area contributed by atoms with Crippen molar-refractivity contribution >= 4 is 21.5 Å². The molecule has 0 fully saturated rings. The fourth-order valence-electron chi connectivity index (χ4n) is 4.02. The molecule has 0 unspecified atom stereocenters. The number of benzene rings is 5. The Bertz CT molecular complexity index is 1210. The standard InChI is InChI=1S/C26H18O/c27-20-12-8-11-19(17-20)26-23-15-6-4-13-21(23)25(18-9-2-1-3-10-18)22-14-5-7-16-24(22)26/h1-17,27H. The highest BCUT2D eigenvalue weighted by atomic mass is 16.3. The van der Waals surface area contributed by atoms with E-state index in [1.165, 1.54) is 32.7 Å². The smallest absolute Gasteiger partial charge is 0.116 e. The molecule has 0 atom stereocenters. The summed E-state index contributed by atoms with van der Waals surface area (Å²) < 4.78 is 0. The molecule has 0 saturated carbocycles. The highest BCUT2D eigenvalue weighted by Crippen LogP contribution is 2.43. The monoisotopic (exact) mass is 346 g/mol. The summed E-state index contributed by atoms with van der Waals surface area (Å²) in [5.74, 6) is 0.285. The number of aromatic hydroxyl groups is 1. The number of phenolic OH excluding ortho intramolecular Hbond substituents is 1. The van der Waals surface area contributed by atoms with Crippen molar-refractivity contribution in [3.63, 3.8) is 0 Å². The molecule has 0 aromatic heterocycles. The fraction of sp³-hybridized carbons (Fsp3) is 0. The summed E-state index contributed by atoms with van der Waals surface area (Å²) in [6.07, 6.45) is 0. The zero-order valence-electron chi connectivity index (χ0n) is 14.8. The molecule has 0 spiro atoms. The van der Waals surface area contributed by atoms with Crippen LogP contribution in [0.4, 0.5) is 0 Å². The lowest BCUT2D eigenvalue weighted by molar-refractivity contribution is 0.475. The first-order valence-electron chi connectivity index (χ1n) is 9.11. The lowest BCUT2D eigenvalue weighted by atomic mass is 9.86.